The van der Waals surface area contributed by atoms with E-state index in [9.17, 15) is 9.59 Å². The van der Waals surface area contributed by atoms with Crippen LogP contribution in [0.4, 0.5) is 11.6 Å². The molecule has 2 N–H and O–H groups in total. The molecule has 0 aromatic carbocycles. The molecule has 1 aliphatic heterocycles. The Kier molecular flexibility index (Phi) is 7.49. The van der Waals surface area contributed by atoms with Gasteiger partial charge in [-0.05, 0) is 56.1 Å². The lowest BCUT2D eigenvalue weighted by atomic mass is 10.3. The van der Waals surface area contributed by atoms with E-state index < -0.39 is 0 Å². The van der Waals surface area contributed by atoms with E-state index >= 15 is 0 Å². The highest BCUT2D eigenvalue weighted by Crippen LogP contribution is 2.12. The van der Waals surface area contributed by atoms with Crippen LogP contribution in [0.15, 0.2) is 45.6 Å². The van der Waals surface area contributed by atoms with Gasteiger partial charge in [-0.2, -0.15) is 0 Å². The maximum atomic E-state index is 12.2. The van der Waals surface area contributed by atoms with E-state index in [1.165, 1.54) is 0 Å². The molecule has 28 heavy (non-hydrogen) atoms. The number of pyridine rings is 2. The van der Waals surface area contributed by atoms with Crippen LogP contribution in [0.1, 0.15) is 0 Å². The van der Waals surface area contributed by atoms with Crippen molar-refractivity contribution in [2.75, 3.05) is 49.9 Å². The van der Waals surface area contributed by atoms with Crippen molar-refractivity contribution >= 4 is 55.3 Å². The Labute approximate surface area is 180 Å². The van der Waals surface area contributed by atoms with Gasteiger partial charge in [-0.3, -0.25) is 19.4 Å². The molecule has 1 aliphatic rings. The molecule has 0 spiro atoms. The Balaban J connectivity index is 1.37. The maximum absolute atomic E-state index is 12.2. The van der Waals surface area contributed by atoms with Crippen LogP contribution in [0.3, 0.4) is 0 Å². The van der Waals surface area contributed by atoms with Crippen molar-refractivity contribution in [1.29, 1.82) is 0 Å². The molecule has 2 aromatic rings. The van der Waals surface area contributed by atoms with Gasteiger partial charge < -0.3 is 10.6 Å². The molecule has 148 valence electrons. The number of hydrogen-bond donors (Lipinski definition) is 2. The third-order valence-corrected chi connectivity index (χ3v) is 5.13. The van der Waals surface area contributed by atoms with Gasteiger partial charge in [-0.25, -0.2) is 9.97 Å². The van der Waals surface area contributed by atoms with Gasteiger partial charge in [0.2, 0.25) is 11.8 Å². The maximum Gasteiger partial charge on any atom is 0.239 e. The van der Waals surface area contributed by atoms with Gasteiger partial charge >= 0.3 is 0 Å². The lowest BCUT2D eigenvalue weighted by Crippen LogP contribution is -2.50. The molecule has 0 radical (unpaired) electrons. The number of anilines is 2. The van der Waals surface area contributed by atoms with Crippen molar-refractivity contribution in [3.05, 3.63) is 45.6 Å². The normalized spacial score (nSPS) is 15.2. The minimum absolute atomic E-state index is 0.0951. The molecule has 1 saturated heterocycles. The number of nitrogens with one attached hydrogen (secondary N) is 2. The second-order valence-corrected chi connectivity index (χ2v) is 8.20. The van der Waals surface area contributed by atoms with E-state index in [1.54, 1.807) is 24.5 Å². The van der Waals surface area contributed by atoms with E-state index in [-0.39, 0.29) is 11.8 Å². The van der Waals surface area contributed by atoms with Crippen LogP contribution in [0.25, 0.3) is 0 Å². The van der Waals surface area contributed by atoms with E-state index in [0.717, 1.165) is 35.1 Å². The smallest absolute Gasteiger partial charge is 0.239 e. The topological polar surface area (TPSA) is 90.5 Å². The van der Waals surface area contributed by atoms with E-state index in [2.05, 4.69) is 62.3 Å². The van der Waals surface area contributed by atoms with E-state index in [4.69, 9.17) is 0 Å². The monoisotopic (exact) mass is 510 g/mol. The highest BCUT2D eigenvalue weighted by atomic mass is 79.9. The number of amides is 2. The van der Waals surface area contributed by atoms with Crippen LogP contribution in [0.2, 0.25) is 0 Å². The minimum Gasteiger partial charge on any atom is -0.310 e. The Hall–Kier alpha value is -1.88. The third-order valence-electron chi connectivity index (χ3n) is 4.19. The fourth-order valence-electron chi connectivity index (χ4n) is 2.78. The van der Waals surface area contributed by atoms with Gasteiger partial charge in [-0.1, -0.05) is 0 Å². The number of carbonyl (C=O) groups is 2. The number of nitrogens with zero attached hydrogens (tertiary/aromatic N) is 4. The average molecular weight is 512 g/mol. The Morgan fingerprint density at radius 3 is 1.50 bits per heavy atom. The predicted molar refractivity (Wildman–Crippen MR) is 114 cm³/mol. The molecular formula is C18H20Br2N6O2. The van der Waals surface area contributed by atoms with Gasteiger partial charge in [0.1, 0.15) is 11.6 Å². The summed E-state index contributed by atoms with van der Waals surface area (Å²) in [7, 11) is 0. The lowest BCUT2D eigenvalue weighted by molar-refractivity contribution is -0.120. The molecule has 2 aromatic heterocycles. The van der Waals surface area contributed by atoms with Crippen molar-refractivity contribution in [1.82, 2.24) is 19.8 Å². The van der Waals surface area contributed by atoms with E-state index in [1.807, 2.05) is 12.1 Å². The fraction of sp³-hybridized carbons (Fsp3) is 0.333. The second kappa shape index (κ2) is 10.1. The fourth-order valence-corrected chi connectivity index (χ4v) is 3.25. The SMILES string of the molecule is O=C(CN1CCN(CC(=O)Nc2ccc(Br)cn2)CC1)Nc1ccc(Br)cn1. The zero-order valence-corrected chi connectivity index (χ0v) is 18.2. The molecule has 10 heteroatoms. The molecule has 1 fully saturated rings. The number of halogens is 2. The van der Waals surface area contributed by atoms with Crippen molar-refractivity contribution in [3.63, 3.8) is 0 Å². The molecule has 0 unspecified atom stereocenters. The first kappa shape index (κ1) is 20.8. The Morgan fingerprint density at radius 2 is 1.18 bits per heavy atom. The summed E-state index contributed by atoms with van der Waals surface area (Å²) < 4.78 is 1.73. The van der Waals surface area contributed by atoms with Crippen LogP contribution in [0, 0.1) is 0 Å². The summed E-state index contributed by atoms with van der Waals surface area (Å²) in [5.74, 6) is 0.875. The summed E-state index contributed by atoms with van der Waals surface area (Å²) in [5, 5.41) is 5.58. The summed E-state index contributed by atoms with van der Waals surface area (Å²) in [6, 6.07) is 7.16. The lowest BCUT2D eigenvalue weighted by Gasteiger charge is -2.33. The van der Waals surface area contributed by atoms with Crippen LogP contribution >= 0.6 is 31.9 Å². The zero-order chi connectivity index (χ0) is 19.9. The van der Waals surface area contributed by atoms with Crippen LogP contribution in [-0.4, -0.2) is 70.9 Å². The minimum atomic E-state index is -0.0951. The van der Waals surface area contributed by atoms with Crippen molar-refractivity contribution in [3.8, 4) is 0 Å². The largest absolute Gasteiger partial charge is 0.310 e. The molecule has 3 heterocycles. The Bertz CT molecular complexity index is 738. The zero-order valence-electron chi connectivity index (χ0n) is 15.1. The van der Waals surface area contributed by atoms with Gasteiger partial charge in [-0.15, -0.1) is 0 Å². The Morgan fingerprint density at radius 1 is 0.786 bits per heavy atom. The number of carbonyl (C=O) groups excluding carboxylic acids is 2. The first-order chi connectivity index (χ1) is 13.5. The first-order valence-electron chi connectivity index (χ1n) is 8.75. The summed E-state index contributed by atoms with van der Waals surface area (Å²) in [6.45, 7) is 3.52. The highest BCUT2D eigenvalue weighted by Gasteiger charge is 2.21. The number of rotatable bonds is 6. The molecule has 2 amide bonds. The van der Waals surface area contributed by atoms with Gasteiger partial charge in [0, 0.05) is 47.5 Å². The third kappa shape index (κ3) is 6.62. The predicted octanol–water partition coefficient (Wildman–Crippen LogP) is 2.20. The highest BCUT2D eigenvalue weighted by molar-refractivity contribution is 9.10. The van der Waals surface area contributed by atoms with Crippen LogP contribution in [0.5, 0.6) is 0 Å². The van der Waals surface area contributed by atoms with Gasteiger partial charge in [0.25, 0.3) is 0 Å². The molecule has 8 nitrogen and oxygen atoms in total. The molecule has 0 saturated carbocycles. The van der Waals surface area contributed by atoms with Gasteiger partial charge in [0.15, 0.2) is 0 Å². The molecular weight excluding hydrogens is 492 g/mol. The quantitative estimate of drug-likeness (QED) is 0.618. The van der Waals surface area contributed by atoms with Gasteiger partial charge in [0.05, 0.1) is 13.1 Å². The van der Waals surface area contributed by atoms with Crippen LogP contribution in [-0.2, 0) is 9.59 Å². The summed E-state index contributed by atoms with van der Waals surface area (Å²) in [4.78, 5) is 36.7. The second-order valence-electron chi connectivity index (χ2n) is 6.37. The standard InChI is InChI=1S/C18H20Br2N6O2/c19-13-1-3-15(21-9-13)23-17(27)11-25-5-7-26(8-6-25)12-18(28)24-16-4-2-14(20)10-22-16/h1-4,9-10H,5-8,11-12H2,(H,21,23,27)(H,22,24,28). The molecule has 3 rings (SSSR count). The van der Waals surface area contributed by atoms with E-state index in [0.29, 0.717) is 24.7 Å². The van der Waals surface area contributed by atoms with Crippen molar-refractivity contribution in [2.24, 2.45) is 0 Å². The number of aromatic nitrogens is 2. The first-order valence-corrected chi connectivity index (χ1v) is 10.3. The molecule has 0 atom stereocenters. The summed E-state index contributed by atoms with van der Waals surface area (Å²) in [5.41, 5.74) is 0. The number of hydrogen-bond acceptors (Lipinski definition) is 6. The summed E-state index contributed by atoms with van der Waals surface area (Å²) in [6.07, 6.45) is 3.28. The van der Waals surface area contributed by atoms with Crippen molar-refractivity contribution in [2.45, 2.75) is 0 Å². The molecule has 0 aliphatic carbocycles. The number of piperazine rings is 1. The van der Waals surface area contributed by atoms with Crippen LogP contribution < -0.4 is 10.6 Å². The average Bonchev–Trinajstić information content (AvgIpc) is 2.67. The molecule has 0 bridgehead atoms. The van der Waals surface area contributed by atoms with Crippen molar-refractivity contribution < 1.29 is 9.59 Å². The summed E-state index contributed by atoms with van der Waals surface area (Å²) >= 11 is 6.63.